The summed E-state index contributed by atoms with van der Waals surface area (Å²) in [6.45, 7) is 3.68. The maximum Gasteiger partial charge on any atom is 0.161 e. The first-order chi connectivity index (χ1) is 7.13. The molecule has 0 aromatic heterocycles. The number of aliphatic hydroxyl groups is 1. The Labute approximate surface area is 90.6 Å². The summed E-state index contributed by atoms with van der Waals surface area (Å²) in [5.41, 5.74) is 0. The molecule has 0 saturated carbocycles. The Hall–Kier alpha value is -1.22. The average Bonchev–Trinajstić information content (AvgIpc) is 2.17. The van der Waals surface area contributed by atoms with Crippen LogP contribution in [0.15, 0.2) is 24.3 Å². The standard InChI is InChI=1S/C12H18O3/c1-9(13)8-10(2)15-12-7-5-4-6-11(12)14-3/h4-7,9-10,13H,8H2,1-3H3. The van der Waals surface area contributed by atoms with Crippen molar-refractivity contribution in [2.75, 3.05) is 7.11 Å². The van der Waals surface area contributed by atoms with Crippen LogP contribution in [0.3, 0.4) is 0 Å². The van der Waals surface area contributed by atoms with Crippen molar-refractivity contribution in [2.24, 2.45) is 0 Å². The molecule has 0 aliphatic heterocycles. The minimum absolute atomic E-state index is 0.0266. The van der Waals surface area contributed by atoms with Crippen LogP contribution in [-0.2, 0) is 0 Å². The summed E-state index contributed by atoms with van der Waals surface area (Å²) in [7, 11) is 1.61. The van der Waals surface area contributed by atoms with Gasteiger partial charge in [0, 0.05) is 6.42 Å². The molecular weight excluding hydrogens is 192 g/mol. The van der Waals surface area contributed by atoms with Gasteiger partial charge >= 0.3 is 0 Å². The number of hydrogen-bond acceptors (Lipinski definition) is 3. The third kappa shape index (κ3) is 3.80. The van der Waals surface area contributed by atoms with Crippen molar-refractivity contribution >= 4 is 0 Å². The zero-order valence-corrected chi connectivity index (χ0v) is 9.43. The van der Waals surface area contributed by atoms with E-state index in [0.29, 0.717) is 12.2 Å². The normalized spacial score (nSPS) is 14.4. The summed E-state index contributed by atoms with van der Waals surface area (Å²) in [4.78, 5) is 0. The van der Waals surface area contributed by atoms with E-state index in [-0.39, 0.29) is 12.2 Å². The van der Waals surface area contributed by atoms with E-state index in [9.17, 15) is 5.11 Å². The number of rotatable bonds is 5. The number of methoxy groups -OCH3 is 1. The van der Waals surface area contributed by atoms with E-state index < -0.39 is 0 Å². The third-order valence-electron chi connectivity index (χ3n) is 2.07. The van der Waals surface area contributed by atoms with E-state index in [1.54, 1.807) is 14.0 Å². The summed E-state index contributed by atoms with van der Waals surface area (Å²) >= 11 is 0. The highest BCUT2D eigenvalue weighted by molar-refractivity contribution is 5.39. The Balaban J connectivity index is 2.63. The first kappa shape index (κ1) is 11.9. The zero-order valence-electron chi connectivity index (χ0n) is 9.43. The van der Waals surface area contributed by atoms with Gasteiger partial charge in [0.05, 0.1) is 19.3 Å². The molecule has 0 bridgehead atoms. The molecule has 1 aromatic rings. The SMILES string of the molecule is COc1ccccc1OC(C)CC(C)O. The van der Waals surface area contributed by atoms with Crippen molar-refractivity contribution in [1.29, 1.82) is 0 Å². The van der Waals surface area contributed by atoms with Crippen molar-refractivity contribution in [2.45, 2.75) is 32.5 Å². The fourth-order valence-electron chi connectivity index (χ4n) is 1.46. The van der Waals surface area contributed by atoms with Crippen molar-refractivity contribution < 1.29 is 14.6 Å². The summed E-state index contributed by atoms with van der Waals surface area (Å²) in [6.07, 6.45) is 0.230. The zero-order chi connectivity index (χ0) is 11.3. The van der Waals surface area contributed by atoms with E-state index in [0.717, 1.165) is 5.75 Å². The number of hydrogen-bond donors (Lipinski definition) is 1. The van der Waals surface area contributed by atoms with Gasteiger partial charge in [-0.1, -0.05) is 12.1 Å². The molecule has 1 N–H and O–H groups in total. The molecule has 0 aliphatic rings. The lowest BCUT2D eigenvalue weighted by atomic mass is 10.2. The molecule has 1 rings (SSSR count). The van der Waals surface area contributed by atoms with Gasteiger partial charge in [-0.2, -0.15) is 0 Å². The molecule has 0 saturated heterocycles. The van der Waals surface area contributed by atoms with E-state index in [1.165, 1.54) is 0 Å². The predicted octanol–water partition coefficient (Wildman–Crippen LogP) is 2.23. The number of ether oxygens (including phenoxy) is 2. The maximum atomic E-state index is 9.22. The fraction of sp³-hybridized carbons (Fsp3) is 0.500. The van der Waals surface area contributed by atoms with Crippen LogP contribution in [0, 0.1) is 0 Å². The van der Waals surface area contributed by atoms with Crippen molar-refractivity contribution in [3.8, 4) is 11.5 Å². The van der Waals surface area contributed by atoms with Crippen LogP contribution in [0.25, 0.3) is 0 Å². The first-order valence-corrected chi connectivity index (χ1v) is 5.11. The Morgan fingerprint density at radius 1 is 1.20 bits per heavy atom. The second kappa shape index (κ2) is 5.61. The van der Waals surface area contributed by atoms with Gasteiger partial charge in [0.1, 0.15) is 0 Å². The van der Waals surface area contributed by atoms with Crippen molar-refractivity contribution in [3.63, 3.8) is 0 Å². The molecule has 0 spiro atoms. The van der Waals surface area contributed by atoms with Crippen LogP contribution in [0.2, 0.25) is 0 Å². The summed E-state index contributed by atoms with van der Waals surface area (Å²) in [5, 5.41) is 9.22. The second-order valence-electron chi connectivity index (χ2n) is 3.66. The first-order valence-electron chi connectivity index (χ1n) is 5.11. The highest BCUT2D eigenvalue weighted by Gasteiger charge is 2.10. The van der Waals surface area contributed by atoms with Gasteiger partial charge in [-0.15, -0.1) is 0 Å². The molecule has 3 nitrogen and oxygen atoms in total. The van der Waals surface area contributed by atoms with Gasteiger partial charge in [-0.3, -0.25) is 0 Å². The lowest BCUT2D eigenvalue weighted by Gasteiger charge is -2.17. The van der Waals surface area contributed by atoms with Crippen LogP contribution in [0.1, 0.15) is 20.3 Å². The van der Waals surface area contributed by atoms with Gasteiger partial charge in [0.2, 0.25) is 0 Å². The highest BCUT2D eigenvalue weighted by Crippen LogP contribution is 2.27. The van der Waals surface area contributed by atoms with E-state index in [2.05, 4.69) is 0 Å². The lowest BCUT2D eigenvalue weighted by Crippen LogP contribution is -2.18. The average molecular weight is 210 g/mol. The number of aliphatic hydroxyl groups excluding tert-OH is 1. The molecule has 0 fully saturated rings. The monoisotopic (exact) mass is 210 g/mol. The van der Waals surface area contributed by atoms with Crippen LogP contribution in [-0.4, -0.2) is 24.4 Å². The molecule has 2 atom stereocenters. The van der Waals surface area contributed by atoms with E-state index in [4.69, 9.17) is 9.47 Å². The molecule has 84 valence electrons. The quantitative estimate of drug-likeness (QED) is 0.810. The minimum atomic E-state index is -0.352. The molecule has 0 aliphatic carbocycles. The Kier molecular flexibility index (Phi) is 4.43. The van der Waals surface area contributed by atoms with Crippen LogP contribution >= 0.6 is 0 Å². The number of para-hydroxylation sites is 2. The smallest absolute Gasteiger partial charge is 0.161 e. The molecule has 0 heterocycles. The predicted molar refractivity (Wildman–Crippen MR) is 59.4 cm³/mol. The molecule has 1 aromatic carbocycles. The lowest BCUT2D eigenvalue weighted by molar-refractivity contribution is 0.113. The topological polar surface area (TPSA) is 38.7 Å². The second-order valence-corrected chi connectivity index (χ2v) is 3.66. The molecule has 0 amide bonds. The molecule has 15 heavy (non-hydrogen) atoms. The third-order valence-corrected chi connectivity index (χ3v) is 2.07. The largest absolute Gasteiger partial charge is 0.493 e. The minimum Gasteiger partial charge on any atom is -0.493 e. The van der Waals surface area contributed by atoms with Gasteiger partial charge in [0.25, 0.3) is 0 Å². The molecular formula is C12H18O3. The van der Waals surface area contributed by atoms with Crippen LogP contribution in [0.4, 0.5) is 0 Å². The summed E-state index contributed by atoms with van der Waals surface area (Å²) in [5.74, 6) is 1.43. The van der Waals surface area contributed by atoms with E-state index >= 15 is 0 Å². The number of benzene rings is 1. The summed E-state index contributed by atoms with van der Waals surface area (Å²) < 4.78 is 10.8. The summed E-state index contributed by atoms with van der Waals surface area (Å²) in [6, 6.07) is 7.50. The molecule has 0 radical (unpaired) electrons. The van der Waals surface area contributed by atoms with Gasteiger partial charge in [-0.05, 0) is 26.0 Å². The maximum absolute atomic E-state index is 9.22. The van der Waals surface area contributed by atoms with Gasteiger partial charge < -0.3 is 14.6 Å². The fourth-order valence-corrected chi connectivity index (χ4v) is 1.46. The Morgan fingerprint density at radius 2 is 1.80 bits per heavy atom. The van der Waals surface area contributed by atoms with Crippen LogP contribution in [0.5, 0.6) is 11.5 Å². The van der Waals surface area contributed by atoms with Gasteiger partial charge in [-0.25, -0.2) is 0 Å². The Bertz CT molecular complexity index is 297. The van der Waals surface area contributed by atoms with E-state index in [1.807, 2.05) is 31.2 Å². The van der Waals surface area contributed by atoms with Crippen molar-refractivity contribution in [1.82, 2.24) is 0 Å². The Morgan fingerprint density at radius 3 is 2.33 bits per heavy atom. The van der Waals surface area contributed by atoms with Crippen molar-refractivity contribution in [3.05, 3.63) is 24.3 Å². The highest BCUT2D eigenvalue weighted by atomic mass is 16.5. The molecule has 2 unspecified atom stereocenters. The van der Waals surface area contributed by atoms with Crippen LogP contribution < -0.4 is 9.47 Å². The molecule has 3 heteroatoms. The van der Waals surface area contributed by atoms with Gasteiger partial charge in [0.15, 0.2) is 11.5 Å².